The predicted octanol–water partition coefficient (Wildman–Crippen LogP) is 5.76. The lowest BCUT2D eigenvalue weighted by molar-refractivity contribution is 0.0630. The number of benzene rings is 2. The van der Waals surface area contributed by atoms with Crippen LogP contribution >= 0.6 is 0 Å². The van der Waals surface area contributed by atoms with Gasteiger partial charge < -0.3 is 19.8 Å². The van der Waals surface area contributed by atoms with Crippen LogP contribution in [0.4, 0.5) is 0 Å². The fourth-order valence-corrected chi connectivity index (χ4v) is 4.88. The summed E-state index contributed by atoms with van der Waals surface area (Å²) in [4.78, 5) is 13.8. The highest BCUT2D eigenvalue weighted by atomic mass is 16.5. The third-order valence-electron chi connectivity index (χ3n) is 6.64. The Morgan fingerprint density at radius 2 is 1.91 bits per heavy atom. The normalized spacial score (nSPS) is 20.5. The molecule has 2 unspecified atom stereocenters. The molecule has 5 nitrogen and oxygen atoms in total. The van der Waals surface area contributed by atoms with Gasteiger partial charge in [0.15, 0.2) is 0 Å². The van der Waals surface area contributed by atoms with E-state index in [9.17, 15) is 15.0 Å². The molecule has 2 aromatic carbocycles. The van der Waals surface area contributed by atoms with E-state index in [2.05, 4.69) is 25.1 Å². The van der Waals surface area contributed by atoms with Crippen LogP contribution in [0.5, 0.6) is 0 Å². The molecule has 2 aliphatic rings. The molecule has 2 aromatic rings. The molecule has 1 heterocycles. The topological polar surface area (TPSA) is 70.0 Å². The lowest BCUT2D eigenvalue weighted by Crippen LogP contribution is -2.34. The second-order valence-electron chi connectivity index (χ2n) is 9.03. The molecule has 0 amide bonds. The van der Waals surface area contributed by atoms with E-state index in [0.717, 1.165) is 43.2 Å². The van der Waals surface area contributed by atoms with Crippen LogP contribution in [0.2, 0.25) is 0 Å². The number of carboxylic acid groups (broad SMARTS) is 1. The fourth-order valence-electron chi connectivity index (χ4n) is 4.88. The van der Waals surface area contributed by atoms with Crippen molar-refractivity contribution in [2.24, 2.45) is 0 Å². The monoisotopic (exact) mass is 447 g/mol. The maximum Gasteiger partial charge on any atom is 0.336 e. The zero-order valence-electron chi connectivity index (χ0n) is 19.5. The van der Waals surface area contributed by atoms with E-state index in [0.29, 0.717) is 24.2 Å². The van der Waals surface area contributed by atoms with Crippen molar-refractivity contribution in [1.29, 1.82) is 0 Å². The van der Waals surface area contributed by atoms with E-state index >= 15 is 0 Å². The van der Waals surface area contributed by atoms with Crippen LogP contribution in [-0.4, -0.2) is 40.3 Å². The number of hydrogen-bond acceptors (Lipinski definition) is 4. The van der Waals surface area contributed by atoms with E-state index in [1.165, 1.54) is 16.8 Å². The number of aliphatic hydroxyl groups is 1. The van der Waals surface area contributed by atoms with Crippen molar-refractivity contribution in [2.75, 3.05) is 7.05 Å². The number of nitrogens with zero attached hydrogens (tertiary/aromatic N) is 1. The molecule has 0 fully saturated rings. The SMILES string of the molecule is CCCCC1=CN(C)C2=C(CC(O)CC2)C1OCc1ccc(-c2ccccc2C(=O)O)cc1. The Morgan fingerprint density at radius 1 is 1.15 bits per heavy atom. The molecule has 0 aromatic heterocycles. The van der Waals surface area contributed by atoms with Crippen LogP contribution < -0.4 is 0 Å². The molecule has 0 bridgehead atoms. The molecule has 0 radical (unpaired) electrons. The number of hydrogen-bond donors (Lipinski definition) is 2. The summed E-state index contributed by atoms with van der Waals surface area (Å²) in [5, 5.41) is 19.8. The minimum absolute atomic E-state index is 0.0925. The molecule has 4 rings (SSSR count). The van der Waals surface area contributed by atoms with E-state index in [1.807, 2.05) is 36.4 Å². The molecule has 1 aliphatic heterocycles. The van der Waals surface area contributed by atoms with Gasteiger partial charge in [-0.15, -0.1) is 0 Å². The van der Waals surface area contributed by atoms with Crippen LogP contribution in [0.3, 0.4) is 0 Å². The highest BCUT2D eigenvalue weighted by Crippen LogP contribution is 2.38. The number of aliphatic hydroxyl groups excluding tert-OH is 1. The summed E-state index contributed by atoms with van der Waals surface area (Å²) in [5.74, 6) is -0.926. The van der Waals surface area contributed by atoms with Crippen LogP contribution in [0.15, 0.2) is 71.6 Å². The summed E-state index contributed by atoms with van der Waals surface area (Å²) in [7, 11) is 2.10. The van der Waals surface area contributed by atoms with Gasteiger partial charge in [0.2, 0.25) is 0 Å². The van der Waals surface area contributed by atoms with Gasteiger partial charge in [0, 0.05) is 18.9 Å². The van der Waals surface area contributed by atoms with E-state index in [4.69, 9.17) is 4.74 Å². The molecular weight excluding hydrogens is 414 g/mol. The second kappa shape index (κ2) is 10.4. The number of ether oxygens (including phenoxy) is 1. The van der Waals surface area contributed by atoms with Crippen molar-refractivity contribution in [1.82, 2.24) is 4.90 Å². The van der Waals surface area contributed by atoms with E-state index in [-0.39, 0.29) is 12.2 Å². The smallest absolute Gasteiger partial charge is 0.336 e. The van der Waals surface area contributed by atoms with Gasteiger partial charge in [-0.25, -0.2) is 4.79 Å². The van der Waals surface area contributed by atoms with Gasteiger partial charge in [0.25, 0.3) is 0 Å². The van der Waals surface area contributed by atoms with Gasteiger partial charge >= 0.3 is 5.97 Å². The van der Waals surface area contributed by atoms with Crippen LogP contribution in [0, 0.1) is 0 Å². The van der Waals surface area contributed by atoms with Crippen molar-refractivity contribution in [3.05, 3.63) is 82.7 Å². The van der Waals surface area contributed by atoms with Crippen LogP contribution in [0.25, 0.3) is 11.1 Å². The first-order chi connectivity index (χ1) is 16.0. The Labute approximate surface area is 196 Å². The molecule has 0 saturated carbocycles. The van der Waals surface area contributed by atoms with Crippen LogP contribution in [0.1, 0.15) is 61.4 Å². The van der Waals surface area contributed by atoms with Gasteiger partial charge in [-0.05, 0) is 66.0 Å². The summed E-state index contributed by atoms with van der Waals surface area (Å²) < 4.78 is 6.49. The Kier molecular flexibility index (Phi) is 7.31. The number of allylic oxidation sites excluding steroid dienone is 1. The number of unbranched alkanes of at least 4 members (excludes halogenated alkanes) is 1. The highest BCUT2D eigenvalue weighted by Gasteiger charge is 2.33. The third-order valence-corrected chi connectivity index (χ3v) is 6.64. The predicted molar refractivity (Wildman–Crippen MR) is 130 cm³/mol. The van der Waals surface area contributed by atoms with E-state index < -0.39 is 5.97 Å². The van der Waals surface area contributed by atoms with Gasteiger partial charge in [0.1, 0.15) is 6.10 Å². The van der Waals surface area contributed by atoms with Crippen molar-refractivity contribution in [3.63, 3.8) is 0 Å². The minimum atomic E-state index is -0.926. The zero-order chi connectivity index (χ0) is 23.4. The zero-order valence-corrected chi connectivity index (χ0v) is 19.5. The Bertz CT molecular complexity index is 1050. The second-order valence-corrected chi connectivity index (χ2v) is 9.03. The van der Waals surface area contributed by atoms with Crippen molar-refractivity contribution in [2.45, 2.75) is 64.3 Å². The van der Waals surface area contributed by atoms with Gasteiger partial charge in [-0.2, -0.15) is 0 Å². The van der Waals surface area contributed by atoms with E-state index in [1.54, 1.807) is 12.1 Å². The molecule has 33 heavy (non-hydrogen) atoms. The summed E-state index contributed by atoms with van der Waals surface area (Å²) >= 11 is 0. The first-order valence-electron chi connectivity index (χ1n) is 11.8. The average molecular weight is 448 g/mol. The fraction of sp³-hybridized carbons (Fsp3) is 0.393. The molecule has 2 atom stereocenters. The largest absolute Gasteiger partial charge is 0.478 e. The molecule has 0 saturated heterocycles. The van der Waals surface area contributed by atoms with Crippen molar-refractivity contribution >= 4 is 5.97 Å². The maximum atomic E-state index is 11.6. The molecular formula is C28H33NO4. The lowest BCUT2D eigenvalue weighted by Gasteiger charge is -2.39. The first kappa shape index (κ1) is 23.3. The summed E-state index contributed by atoms with van der Waals surface area (Å²) in [6.07, 6.45) is 7.40. The Balaban J connectivity index is 1.52. The quantitative estimate of drug-likeness (QED) is 0.539. The molecule has 0 spiro atoms. The van der Waals surface area contributed by atoms with Gasteiger partial charge in [-0.1, -0.05) is 55.8 Å². The highest BCUT2D eigenvalue weighted by molar-refractivity contribution is 5.95. The Morgan fingerprint density at radius 3 is 2.64 bits per heavy atom. The lowest BCUT2D eigenvalue weighted by atomic mass is 9.84. The number of carboxylic acids is 1. The molecule has 5 heteroatoms. The minimum Gasteiger partial charge on any atom is -0.478 e. The molecule has 174 valence electrons. The number of rotatable bonds is 8. The number of carbonyl (C=O) groups is 1. The molecule has 2 N–H and O–H groups in total. The average Bonchev–Trinajstić information content (AvgIpc) is 2.82. The summed E-state index contributed by atoms with van der Waals surface area (Å²) in [6, 6.07) is 15.0. The summed E-state index contributed by atoms with van der Waals surface area (Å²) in [6.45, 7) is 2.66. The molecule has 1 aliphatic carbocycles. The van der Waals surface area contributed by atoms with Crippen LogP contribution in [-0.2, 0) is 11.3 Å². The standard InChI is InChI=1S/C28H33NO4/c1-3-4-7-21-17-29(2)26-15-14-22(30)16-25(26)27(21)33-18-19-10-12-20(13-11-19)23-8-5-6-9-24(23)28(31)32/h5-6,8-13,17,22,27,30H,3-4,7,14-16,18H2,1-2H3,(H,31,32). The van der Waals surface area contributed by atoms with Gasteiger partial charge in [0.05, 0.1) is 18.3 Å². The number of aromatic carboxylic acids is 1. The van der Waals surface area contributed by atoms with Crippen molar-refractivity contribution in [3.8, 4) is 11.1 Å². The maximum absolute atomic E-state index is 11.6. The first-order valence-corrected chi connectivity index (χ1v) is 11.8. The third kappa shape index (κ3) is 5.21. The summed E-state index contributed by atoms with van der Waals surface area (Å²) in [5.41, 5.74) is 6.71. The van der Waals surface area contributed by atoms with Gasteiger partial charge in [-0.3, -0.25) is 0 Å². The Hall–Kier alpha value is -2.89. The van der Waals surface area contributed by atoms with Crippen molar-refractivity contribution < 1.29 is 19.7 Å².